The number of hydrogen-bond acceptors (Lipinski definition) is 6. The van der Waals surface area contributed by atoms with Crippen molar-refractivity contribution in [3.8, 4) is 11.5 Å². The van der Waals surface area contributed by atoms with Gasteiger partial charge in [-0.05, 0) is 43.7 Å². The maximum absolute atomic E-state index is 14.4. The number of quaternary nitrogens is 1. The largest absolute Gasteiger partial charge is 0.608 e. The molecule has 1 unspecified atom stereocenters. The van der Waals surface area contributed by atoms with Crippen molar-refractivity contribution in [1.82, 2.24) is 24.9 Å². The minimum absolute atomic E-state index is 0.107. The molecule has 33 heavy (non-hydrogen) atoms. The van der Waals surface area contributed by atoms with E-state index in [1.807, 2.05) is 11.9 Å². The number of aromatic nitrogens is 4. The van der Waals surface area contributed by atoms with Crippen LogP contribution >= 0.6 is 23.2 Å². The molecule has 2 aliphatic heterocycles. The van der Waals surface area contributed by atoms with Gasteiger partial charge in [-0.25, -0.2) is 24.3 Å². The average Bonchev–Trinajstić information content (AvgIpc) is 2.80. The fourth-order valence-electron chi connectivity index (χ4n) is 5.31. The van der Waals surface area contributed by atoms with Gasteiger partial charge in [0.2, 0.25) is 0 Å². The Balaban J connectivity index is 1.67. The second kappa shape index (κ2) is 8.52. The first kappa shape index (κ1) is 22.6. The van der Waals surface area contributed by atoms with Crippen molar-refractivity contribution in [3.63, 3.8) is 0 Å². The van der Waals surface area contributed by atoms with Crippen LogP contribution in [0.2, 0.25) is 10.0 Å². The van der Waals surface area contributed by atoms with Crippen molar-refractivity contribution in [2.24, 2.45) is 11.8 Å². The van der Waals surface area contributed by atoms with E-state index in [-0.39, 0.29) is 44.8 Å². The van der Waals surface area contributed by atoms with Crippen LogP contribution in [0, 0.1) is 29.8 Å². The van der Waals surface area contributed by atoms with E-state index in [9.17, 15) is 9.60 Å². The van der Waals surface area contributed by atoms with Gasteiger partial charge in [-0.2, -0.15) is 0 Å². The van der Waals surface area contributed by atoms with E-state index >= 15 is 0 Å². The molecule has 2 aromatic heterocycles. The molecule has 7 nitrogen and oxygen atoms in total. The number of rotatable bonds is 3. The van der Waals surface area contributed by atoms with Crippen molar-refractivity contribution < 1.29 is 9.56 Å². The zero-order valence-electron chi connectivity index (χ0n) is 18.4. The minimum Gasteiger partial charge on any atom is -0.608 e. The van der Waals surface area contributed by atoms with E-state index < -0.39 is 5.82 Å². The lowest BCUT2D eigenvalue weighted by Gasteiger charge is -2.53. The standard InChI is InChI=1S/C23H23Cl2FN6O/c1-11-9-12(2)22-20-14(21(30-13(3)29-20)23-27-7-4-8-28-23)10-17(11)31(22)32(33)16-6-5-15(24)19(26)18(16)25/h4-8,11-12,17,22,32H,9-10H2,1-3H3/t11-,12+,17+,22+/m0/s1. The zero-order chi connectivity index (χ0) is 23.4. The smallest absolute Gasteiger partial charge is 0.178 e. The number of fused-ring (bicyclic) bond motifs is 4. The Hall–Kier alpha value is -2.23. The molecule has 1 N–H and O–H groups in total. The van der Waals surface area contributed by atoms with Gasteiger partial charge in [-0.15, -0.1) is 5.01 Å². The normalized spacial score (nSPS) is 25.5. The summed E-state index contributed by atoms with van der Waals surface area (Å²) in [5.41, 5.74) is 2.59. The Labute approximate surface area is 201 Å². The van der Waals surface area contributed by atoms with Gasteiger partial charge in [0.15, 0.2) is 17.3 Å². The summed E-state index contributed by atoms with van der Waals surface area (Å²) in [6.45, 7) is 6.08. The van der Waals surface area contributed by atoms with Crippen LogP contribution in [-0.2, 0) is 6.42 Å². The summed E-state index contributed by atoms with van der Waals surface area (Å²) in [6, 6.07) is 4.22. The first-order valence-electron chi connectivity index (χ1n) is 10.9. The van der Waals surface area contributed by atoms with Crippen LogP contribution in [0.15, 0.2) is 30.6 Å². The molecule has 172 valence electrons. The number of aryl methyl sites for hydroxylation is 1. The highest BCUT2D eigenvalue weighted by molar-refractivity contribution is 6.36. The maximum Gasteiger partial charge on any atom is 0.178 e. The number of nitrogens with zero attached hydrogens (tertiary/aromatic N) is 5. The second-order valence-corrected chi connectivity index (χ2v) is 9.68. The van der Waals surface area contributed by atoms with Gasteiger partial charge in [0.05, 0.1) is 16.8 Å². The molecule has 0 amide bonds. The van der Waals surface area contributed by atoms with Gasteiger partial charge < -0.3 is 5.21 Å². The first-order chi connectivity index (χ1) is 15.8. The van der Waals surface area contributed by atoms with Gasteiger partial charge >= 0.3 is 0 Å². The SMILES string of the molecule is Cc1nc(-c2ncccn2)c2c(n1)[C@H]1[C@H](C)C[C@H](C)[C@@H](C2)N1[NH+]([O-])c1ccc(Cl)c(F)c1Cl. The number of halogens is 3. The Morgan fingerprint density at radius 1 is 1.12 bits per heavy atom. The van der Waals surface area contributed by atoms with Gasteiger partial charge in [0.25, 0.3) is 0 Å². The highest BCUT2D eigenvalue weighted by Crippen LogP contribution is 2.46. The highest BCUT2D eigenvalue weighted by Gasteiger charge is 2.50. The summed E-state index contributed by atoms with van der Waals surface area (Å²) in [6.07, 6.45) is 4.89. The lowest BCUT2D eigenvalue weighted by Crippen LogP contribution is -3.12. The molecule has 0 saturated carbocycles. The monoisotopic (exact) mass is 488 g/mol. The predicted octanol–water partition coefficient (Wildman–Crippen LogP) is 4.26. The fraction of sp³-hybridized carbons (Fsp3) is 0.391. The molecule has 0 radical (unpaired) electrons. The van der Waals surface area contributed by atoms with Crippen LogP contribution < -0.4 is 5.17 Å². The molecule has 4 heterocycles. The number of nitrogens with one attached hydrogen (secondary N) is 1. The molecule has 1 aromatic carbocycles. The highest BCUT2D eigenvalue weighted by atomic mass is 35.5. The Bertz CT molecular complexity index is 1210. The lowest BCUT2D eigenvalue weighted by molar-refractivity contribution is -0.928. The van der Waals surface area contributed by atoms with E-state index in [2.05, 4.69) is 28.8 Å². The van der Waals surface area contributed by atoms with Gasteiger partial charge in [-0.1, -0.05) is 37.0 Å². The van der Waals surface area contributed by atoms with Crippen molar-refractivity contribution >= 4 is 28.9 Å². The summed E-state index contributed by atoms with van der Waals surface area (Å²) in [4.78, 5) is 18.3. The summed E-state index contributed by atoms with van der Waals surface area (Å²) in [7, 11) is 0. The zero-order valence-corrected chi connectivity index (χ0v) is 19.9. The van der Waals surface area contributed by atoms with E-state index in [1.165, 1.54) is 12.1 Å². The Morgan fingerprint density at radius 3 is 2.58 bits per heavy atom. The van der Waals surface area contributed by atoms with Crippen LogP contribution in [0.25, 0.3) is 11.5 Å². The predicted molar refractivity (Wildman–Crippen MR) is 123 cm³/mol. The third kappa shape index (κ3) is 3.70. The van der Waals surface area contributed by atoms with Gasteiger partial charge in [0, 0.05) is 24.0 Å². The van der Waals surface area contributed by atoms with E-state index in [4.69, 9.17) is 28.2 Å². The van der Waals surface area contributed by atoms with Crippen molar-refractivity contribution in [3.05, 3.63) is 68.7 Å². The molecule has 5 rings (SSSR count). The molecule has 0 spiro atoms. The number of hydrogen-bond donors (Lipinski definition) is 1. The minimum atomic E-state index is -0.783. The molecule has 2 aliphatic rings. The molecule has 0 aliphatic carbocycles. The molecule has 10 heteroatoms. The third-order valence-electron chi connectivity index (χ3n) is 6.72. The molecule has 3 aromatic rings. The topological polar surface area (TPSA) is 82.3 Å². The van der Waals surface area contributed by atoms with Gasteiger partial charge in [-0.3, -0.25) is 5.17 Å². The molecule has 1 saturated heterocycles. The van der Waals surface area contributed by atoms with E-state index in [0.717, 1.165) is 17.7 Å². The molecule has 2 bridgehead atoms. The quantitative estimate of drug-likeness (QED) is 0.438. The van der Waals surface area contributed by atoms with Crippen LogP contribution in [0.1, 0.15) is 43.4 Å². The van der Waals surface area contributed by atoms with Crippen molar-refractivity contribution in [2.45, 2.75) is 45.7 Å². The third-order valence-corrected chi connectivity index (χ3v) is 7.38. The van der Waals surface area contributed by atoms with E-state index in [1.54, 1.807) is 18.5 Å². The van der Waals surface area contributed by atoms with Crippen LogP contribution in [0.5, 0.6) is 0 Å². The molecule has 1 fully saturated rings. The second-order valence-electron chi connectivity index (χ2n) is 8.90. The summed E-state index contributed by atoms with van der Waals surface area (Å²) in [5.74, 6) is 0.697. The number of benzene rings is 1. The van der Waals surface area contributed by atoms with Crippen molar-refractivity contribution in [2.75, 3.05) is 0 Å². The lowest BCUT2D eigenvalue weighted by atomic mass is 9.73. The van der Waals surface area contributed by atoms with Crippen molar-refractivity contribution in [1.29, 1.82) is 0 Å². The fourth-order valence-corrected chi connectivity index (χ4v) is 5.77. The summed E-state index contributed by atoms with van der Waals surface area (Å²) in [5, 5.41) is 15.0. The summed E-state index contributed by atoms with van der Waals surface area (Å²) < 4.78 is 14.4. The average molecular weight is 489 g/mol. The maximum atomic E-state index is 14.4. The first-order valence-corrected chi connectivity index (χ1v) is 11.6. The Kier molecular flexibility index (Phi) is 5.83. The molecule has 5 atom stereocenters. The van der Waals surface area contributed by atoms with Gasteiger partial charge in [0.1, 0.15) is 22.6 Å². The number of piperidine rings is 1. The molecular formula is C23H23Cl2FN6O. The van der Waals surface area contributed by atoms with E-state index in [0.29, 0.717) is 23.8 Å². The Morgan fingerprint density at radius 2 is 1.85 bits per heavy atom. The van der Waals surface area contributed by atoms with Crippen LogP contribution in [0.4, 0.5) is 10.1 Å². The summed E-state index contributed by atoms with van der Waals surface area (Å²) >= 11 is 12.1. The van der Waals surface area contributed by atoms with Crippen LogP contribution in [0.3, 0.4) is 0 Å². The van der Waals surface area contributed by atoms with Crippen LogP contribution in [-0.4, -0.2) is 31.0 Å². The molecular weight excluding hydrogens is 466 g/mol.